The van der Waals surface area contributed by atoms with Crippen LogP contribution >= 0.6 is 0 Å². The van der Waals surface area contributed by atoms with E-state index in [0.29, 0.717) is 23.6 Å². The molecule has 2 aromatic rings. The molecule has 5 nitrogen and oxygen atoms in total. The van der Waals surface area contributed by atoms with Gasteiger partial charge in [0.05, 0.1) is 18.1 Å². The second-order valence-corrected chi connectivity index (χ2v) is 6.34. The summed E-state index contributed by atoms with van der Waals surface area (Å²) in [4.78, 5) is 22.6. The zero-order chi connectivity index (χ0) is 17.1. The molecule has 1 unspecified atom stereocenters. The lowest BCUT2D eigenvalue weighted by Crippen LogP contribution is -2.39. The van der Waals surface area contributed by atoms with E-state index in [1.807, 2.05) is 13.8 Å². The Kier molecular flexibility index (Phi) is 4.74. The number of amides is 1. The summed E-state index contributed by atoms with van der Waals surface area (Å²) in [6.45, 7) is 5.24. The normalized spacial score (nSPS) is 17.3. The summed E-state index contributed by atoms with van der Waals surface area (Å²) in [5, 5.41) is 3.04. The first kappa shape index (κ1) is 16.4. The zero-order valence-electron chi connectivity index (χ0n) is 13.9. The molecule has 0 aliphatic carbocycles. The molecule has 1 aromatic carbocycles. The van der Waals surface area contributed by atoms with Gasteiger partial charge in [-0.25, -0.2) is 9.37 Å². The van der Waals surface area contributed by atoms with Crippen molar-refractivity contribution in [2.75, 3.05) is 18.0 Å². The largest absolute Gasteiger partial charge is 0.353 e. The lowest BCUT2D eigenvalue weighted by Gasteiger charge is -2.19. The van der Waals surface area contributed by atoms with Crippen LogP contribution in [0, 0.1) is 11.7 Å². The molecular weight excluding hydrogens is 307 g/mol. The van der Waals surface area contributed by atoms with Crippen LogP contribution in [0.25, 0.3) is 11.3 Å². The van der Waals surface area contributed by atoms with Crippen LogP contribution in [0.5, 0.6) is 0 Å². The summed E-state index contributed by atoms with van der Waals surface area (Å²) in [7, 11) is 0. The van der Waals surface area contributed by atoms with Gasteiger partial charge in [-0.15, -0.1) is 0 Å². The third-order valence-corrected chi connectivity index (χ3v) is 4.15. The lowest BCUT2D eigenvalue weighted by molar-refractivity contribution is -0.124. The summed E-state index contributed by atoms with van der Waals surface area (Å²) < 4.78 is 13.9. The monoisotopic (exact) mass is 328 g/mol. The number of rotatable bonds is 4. The number of hydrogen-bond acceptors (Lipinski definition) is 4. The summed E-state index contributed by atoms with van der Waals surface area (Å²) >= 11 is 0. The molecule has 1 N–H and O–H groups in total. The van der Waals surface area contributed by atoms with Crippen LogP contribution in [-0.2, 0) is 4.79 Å². The molecule has 1 saturated heterocycles. The molecule has 1 amide bonds. The van der Waals surface area contributed by atoms with E-state index in [9.17, 15) is 9.18 Å². The molecule has 0 radical (unpaired) electrons. The Morgan fingerprint density at radius 1 is 1.33 bits per heavy atom. The van der Waals surface area contributed by atoms with E-state index in [1.54, 1.807) is 30.6 Å². The molecule has 3 rings (SSSR count). The topological polar surface area (TPSA) is 58.1 Å². The average Bonchev–Trinajstić information content (AvgIpc) is 3.04. The van der Waals surface area contributed by atoms with Gasteiger partial charge in [-0.05, 0) is 18.6 Å². The highest BCUT2D eigenvalue weighted by molar-refractivity contribution is 5.78. The van der Waals surface area contributed by atoms with Crippen molar-refractivity contribution in [3.05, 3.63) is 42.5 Å². The fourth-order valence-corrected chi connectivity index (χ4v) is 2.76. The van der Waals surface area contributed by atoms with E-state index in [4.69, 9.17) is 0 Å². The van der Waals surface area contributed by atoms with Gasteiger partial charge in [-0.2, -0.15) is 0 Å². The second kappa shape index (κ2) is 6.95. The zero-order valence-corrected chi connectivity index (χ0v) is 13.9. The number of carbonyl (C=O) groups is 1. The van der Waals surface area contributed by atoms with Crippen LogP contribution in [0.4, 0.5) is 10.2 Å². The van der Waals surface area contributed by atoms with Crippen LogP contribution in [0.1, 0.15) is 20.3 Å². The van der Waals surface area contributed by atoms with Gasteiger partial charge in [0, 0.05) is 30.6 Å². The maximum atomic E-state index is 13.9. The highest BCUT2D eigenvalue weighted by Gasteiger charge is 2.26. The standard InChI is InChI=1S/C18H21FN4O/c1-12(2)18(24)21-13-7-8-23(11-13)17-10-20-9-16(22-17)14-5-3-4-6-15(14)19/h3-6,9-10,12-13H,7-8,11H2,1-2H3,(H,21,24). The number of aromatic nitrogens is 2. The van der Waals surface area contributed by atoms with E-state index in [1.165, 1.54) is 6.07 Å². The van der Waals surface area contributed by atoms with Crippen LogP contribution < -0.4 is 10.2 Å². The fraction of sp³-hybridized carbons (Fsp3) is 0.389. The van der Waals surface area contributed by atoms with Gasteiger partial charge in [0.25, 0.3) is 0 Å². The summed E-state index contributed by atoms with van der Waals surface area (Å²) in [5.74, 6) is 0.431. The Morgan fingerprint density at radius 3 is 2.88 bits per heavy atom. The number of benzene rings is 1. The Balaban J connectivity index is 1.74. The first-order chi connectivity index (χ1) is 11.5. The molecule has 1 fully saturated rings. The predicted octanol–water partition coefficient (Wildman–Crippen LogP) is 2.63. The van der Waals surface area contributed by atoms with Crippen molar-refractivity contribution in [1.82, 2.24) is 15.3 Å². The van der Waals surface area contributed by atoms with Crippen LogP contribution in [0.15, 0.2) is 36.7 Å². The van der Waals surface area contributed by atoms with E-state index < -0.39 is 0 Å². The molecular formula is C18H21FN4O. The molecule has 1 atom stereocenters. The van der Waals surface area contributed by atoms with Gasteiger partial charge in [0.1, 0.15) is 11.6 Å². The van der Waals surface area contributed by atoms with Gasteiger partial charge in [0.2, 0.25) is 5.91 Å². The molecule has 24 heavy (non-hydrogen) atoms. The summed E-state index contributed by atoms with van der Waals surface area (Å²) in [6, 6.07) is 6.65. The summed E-state index contributed by atoms with van der Waals surface area (Å²) in [5.41, 5.74) is 0.955. The Morgan fingerprint density at radius 2 is 2.12 bits per heavy atom. The van der Waals surface area contributed by atoms with Crippen molar-refractivity contribution in [3.8, 4) is 11.3 Å². The number of nitrogens with zero attached hydrogens (tertiary/aromatic N) is 3. The van der Waals surface area contributed by atoms with E-state index in [2.05, 4.69) is 20.2 Å². The van der Waals surface area contributed by atoms with Gasteiger partial charge < -0.3 is 10.2 Å². The molecule has 1 aliphatic heterocycles. The number of nitrogens with one attached hydrogen (secondary N) is 1. The fourth-order valence-electron chi connectivity index (χ4n) is 2.76. The quantitative estimate of drug-likeness (QED) is 0.937. The molecule has 2 heterocycles. The van der Waals surface area contributed by atoms with Crippen LogP contribution in [-0.4, -0.2) is 35.0 Å². The highest BCUT2D eigenvalue weighted by atomic mass is 19.1. The Labute approximate surface area is 140 Å². The minimum Gasteiger partial charge on any atom is -0.353 e. The molecule has 126 valence electrons. The number of halogens is 1. The van der Waals surface area contributed by atoms with E-state index in [-0.39, 0.29) is 23.7 Å². The van der Waals surface area contributed by atoms with Crippen LogP contribution in [0.3, 0.4) is 0 Å². The number of hydrogen-bond donors (Lipinski definition) is 1. The molecule has 1 aromatic heterocycles. The van der Waals surface area contributed by atoms with Crippen LogP contribution in [0.2, 0.25) is 0 Å². The first-order valence-electron chi connectivity index (χ1n) is 8.17. The van der Waals surface area contributed by atoms with Crippen molar-refractivity contribution >= 4 is 11.7 Å². The molecule has 0 saturated carbocycles. The third-order valence-electron chi connectivity index (χ3n) is 4.15. The second-order valence-electron chi connectivity index (χ2n) is 6.34. The van der Waals surface area contributed by atoms with Crippen molar-refractivity contribution in [2.45, 2.75) is 26.3 Å². The SMILES string of the molecule is CC(C)C(=O)NC1CCN(c2cncc(-c3ccccc3F)n2)C1. The van der Waals surface area contributed by atoms with Gasteiger partial charge in [-0.3, -0.25) is 9.78 Å². The van der Waals surface area contributed by atoms with Crippen molar-refractivity contribution in [2.24, 2.45) is 5.92 Å². The van der Waals surface area contributed by atoms with E-state index >= 15 is 0 Å². The molecule has 6 heteroatoms. The number of carbonyl (C=O) groups excluding carboxylic acids is 1. The van der Waals surface area contributed by atoms with Gasteiger partial charge in [-0.1, -0.05) is 26.0 Å². The molecule has 1 aliphatic rings. The van der Waals surface area contributed by atoms with E-state index in [0.717, 1.165) is 13.0 Å². The summed E-state index contributed by atoms with van der Waals surface area (Å²) in [6.07, 6.45) is 4.11. The molecule has 0 spiro atoms. The minimum absolute atomic E-state index is 0.0248. The van der Waals surface area contributed by atoms with Crippen molar-refractivity contribution in [3.63, 3.8) is 0 Å². The highest BCUT2D eigenvalue weighted by Crippen LogP contribution is 2.24. The molecule has 0 bridgehead atoms. The lowest BCUT2D eigenvalue weighted by atomic mass is 10.1. The first-order valence-corrected chi connectivity index (χ1v) is 8.17. The smallest absolute Gasteiger partial charge is 0.222 e. The van der Waals surface area contributed by atoms with Crippen molar-refractivity contribution < 1.29 is 9.18 Å². The maximum absolute atomic E-state index is 13.9. The predicted molar refractivity (Wildman–Crippen MR) is 91.0 cm³/mol. The van der Waals surface area contributed by atoms with Gasteiger partial charge >= 0.3 is 0 Å². The van der Waals surface area contributed by atoms with Crippen molar-refractivity contribution in [1.29, 1.82) is 0 Å². The Bertz CT molecular complexity index is 734. The Hall–Kier alpha value is -2.50. The minimum atomic E-state index is -0.313. The third kappa shape index (κ3) is 3.53. The maximum Gasteiger partial charge on any atom is 0.222 e. The average molecular weight is 328 g/mol. The number of anilines is 1. The van der Waals surface area contributed by atoms with Gasteiger partial charge in [0.15, 0.2) is 0 Å².